The van der Waals surface area contributed by atoms with Gasteiger partial charge in [0.2, 0.25) is 11.6 Å². The molecular formula is C15H11F7N2O2. The fourth-order valence-corrected chi connectivity index (χ4v) is 1.88. The van der Waals surface area contributed by atoms with Crippen molar-refractivity contribution in [2.24, 2.45) is 0 Å². The first-order valence-electron chi connectivity index (χ1n) is 7.01. The Balaban J connectivity index is 1.96. The second kappa shape index (κ2) is 7.77. The van der Waals surface area contributed by atoms with E-state index in [2.05, 4.69) is 4.98 Å². The molecule has 2 N–H and O–H groups in total. The number of halogens is 7. The van der Waals surface area contributed by atoms with Gasteiger partial charge in [-0.2, -0.15) is 35.7 Å². The van der Waals surface area contributed by atoms with E-state index in [1.807, 2.05) is 5.32 Å². The molecule has 0 spiro atoms. The SMILES string of the molecule is OC(CNc1c(F)c(F)nc(F)c1F)COc1cccc(C(F)(F)F)c1. The topological polar surface area (TPSA) is 54.4 Å². The number of hydrogen-bond acceptors (Lipinski definition) is 4. The highest BCUT2D eigenvalue weighted by Gasteiger charge is 2.30. The molecule has 1 unspecified atom stereocenters. The Morgan fingerprint density at radius 2 is 1.69 bits per heavy atom. The second-order valence-electron chi connectivity index (χ2n) is 5.07. The number of hydrogen-bond donors (Lipinski definition) is 2. The van der Waals surface area contributed by atoms with Crippen LogP contribution >= 0.6 is 0 Å². The molecule has 11 heteroatoms. The molecular weight excluding hydrogens is 373 g/mol. The normalized spacial score (nSPS) is 12.8. The number of aliphatic hydroxyl groups is 1. The molecule has 1 heterocycles. The molecule has 0 saturated heterocycles. The highest BCUT2D eigenvalue weighted by Crippen LogP contribution is 2.31. The van der Waals surface area contributed by atoms with Gasteiger partial charge in [0.05, 0.1) is 5.56 Å². The van der Waals surface area contributed by atoms with Crippen molar-refractivity contribution in [2.75, 3.05) is 18.5 Å². The Hall–Kier alpha value is -2.56. The number of nitrogens with zero attached hydrogens (tertiary/aromatic N) is 1. The Bertz CT molecular complexity index is 757. The lowest BCUT2D eigenvalue weighted by Gasteiger charge is -2.15. The van der Waals surface area contributed by atoms with Crippen molar-refractivity contribution in [3.05, 3.63) is 53.4 Å². The third-order valence-electron chi connectivity index (χ3n) is 3.12. The first-order chi connectivity index (χ1) is 12.1. The van der Waals surface area contributed by atoms with Crippen molar-refractivity contribution in [3.8, 4) is 5.75 Å². The summed E-state index contributed by atoms with van der Waals surface area (Å²) in [7, 11) is 0. The number of rotatable bonds is 6. The summed E-state index contributed by atoms with van der Waals surface area (Å²) in [6.45, 7) is -1.15. The zero-order valence-corrected chi connectivity index (χ0v) is 12.7. The number of ether oxygens (including phenoxy) is 1. The lowest BCUT2D eigenvalue weighted by Crippen LogP contribution is -2.27. The van der Waals surface area contributed by atoms with Crippen LogP contribution in [0.2, 0.25) is 0 Å². The van der Waals surface area contributed by atoms with Crippen LogP contribution in [0.1, 0.15) is 5.56 Å². The number of aromatic nitrogens is 1. The second-order valence-corrected chi connectivity index (χ2v) is 5.07. The minimum absolute atomic E-state index is 0.197. The highest BCUT2D eigenvalue weighted by molar-refractivity contribution is 5.45. The molecule has 26 heavy (non-hydrogen) atoms. The predicted molar refractivity (Wildman–Crippen MR) is 75.5 cm³/mol. The number of anilines is 1. The van der Waals surface area contributed by atoms with Gasteiger partial charge < -0.3 is 15.2 Å². The minimum atomic E-state index is -4.58. The number of alkyl halides is 3. The third kappa shape index (κ3) is 4.75. The van der Waals surface area contributed by atoms with E-state index in [1.54, 1.807) is 0 Å². The van der Waals surface area contributed by atoms with Crippen LogP contribution in [0.15, 0.2) is 24.3 Å². The average molecular weight is 384 g/mol. The fraction of sp³-hybridized carbons (Fsp3) is 0.267. The van der Waals surface area contributed by atoms with Crippen molar-refractivity contribution < 1.29 is 40.6 Å². The summed E-state index contributed by atoms with van der Waals surface area (Å²) in [5, 5.41) is 11.6. The Morgan fingerprint density at radius 1 is 1.08 bits per heavy atom. The highest BCUT2D eigenvalue weighted by atomic mass is 19.4. The van der Waals surface area contributed by atoms with Crippen LogP contribution in [-0.2, 0) is 6.18 Å². The maximum absolute atomic E-state index is 13.4. The zero-order valence-electron chi connectivity index (χ0n) is 12.7. The van der Waals surface area contributed by atoms with Crippen LogP contribution in [-0.4, -0.2) is 29.3 Å². The molecule has 2 rings (SSSR count). The Labute approximate surface area is 142 Å². The first kappa shape index (κ1) is 19.8. The fourth-order valence-electron chi connectivity index (χ4n) is 1.88. The average Bonchev–Trinajstić information content (AvgIpc) is 2.58. The lowest BCUT2D eigenvalue weighted by atomic mass is 10.2. The van der Waals surface area contributed by atoms with E-state index in [9.17, 15) is 35.8 Å². The molecule has 142 valence electrons. The van der Waals surface area contributed by atoms with Crippen LogP contribution in [0.25, 0.3) is 0 Å². The summed E-state index contributed by atoms with van der Waals surface area (Å²) in [6, 6.07) is 3.83. The first-order valence-corrected chi connectivity index (χ1v) is 7.01. The molecule has 0 bridgehead atoms. The smallest absolute Gasteiger partial charge is 0.416 e. The van der Waals surface area contributed by atoms with Gasteiger partial charge in [-0.15, -0.1) is 0 Å². The molecule has 0 fully saturated rings. The standard InChI is InChI=1S/C15H11F7N2O2/c16-10-12(11(17)14(19)24-13(10)18)23-5-8(25)6-26-9-3-1-2-7(4-9)15(20,21)22/h1-4,8,25H,5-6H2,(H,23,24). The van der Waals surface area contributed by atoms with Gasteiger partial charge in [0, 0.05) is 6.54 Å². The van der Waals surface area contributed by atoms with E-state index in [0.717, 1.165) is 12.1 Å². The van der Waals surface area contributed by atoms with Crippen molar-refractivity contribution in [1.82, 2.24) is 4.98 Å². The van der Waals surface area contributed by atoms with E-state index in [1.165, 1.54) is 6.07 Å². The van der Waals surface area contributed by atoms with Gasteiger partial charge >= 0.3 is 6.18 Å². The van der Waals surface area contributed by atoms with Crippen molar-refractivity contribution in [1.29, 1.82) is 0 Å². The van der Waals surface area contributed by atoms with Crippen LogP contribution in [0.5, 0.6) is 5.75 Å². The minimum Gasteiger partial charge on any atom is -0.491 e. The summed E-state index contributed by atoms with van der Waals surface area (Å²) in [4.78, 5) is 2.36. The number of aliphatic hydroxyl groups excluding tert-OH is 1. The summed E-state index contributed by atoms with van der Waals surface area (Å²) in [6.07, 6.45) is -6.04. The molecule has 1 aromatic heterocycles. The van der Waals surface area contributed by atoms with Gasteiger partial charge in [0.25, 0.3) is 11.9 Å². The number of benzene rings is 1. The van der Waals surface area contributed by atoms with E-state index in [-0.39, 0.29) is 5.75 Å². The maximum atomic E-state index is 13.4. The predicted octanol–water partition coefficient (Wildman–Crippen LogP) is 3.51. The monoisotopic (exact) mass is 384 g/mol. The van der Waals surface area contributed by atoms with Gasteiger partial charge in [-0.1, -0.05) is 6.07 Å². The third-order valence-corrected chi connectivity index (χ3v) is 3.12. The lowest BCUT2D eigenvalue weighted by molar-refractivity contribution is -0.137. The zero-order chi connectivity index (χ0) is 19.5. The Kier molecular flexibility index (Phi) is 5.90. The van der Waals surface area contributed by atoms with Gasteiger partial charge in [-0.05, 0) is 18.2 Å². The molecule has 2 aromatic rings. The van der Waals surface area contributed by atoms with Crippen LogP contribution < -0.4 is 10.1 Å². The van der Waals surface area contributed by atoms with Crippen molar-refractivity contribution in [3.63, 3.8) is 0 Å². The molecule has 0 aliphatic carbocycles. The van der Waals surface area contributed by atoms with E-state index in [0.29, 0.717) is 6.07 Å². The van der Waals surface area contributed by atoms with Crippen LogP contribution in [0.3, 0.4) is 0 Å². The summed E-state index contributed by atoms with van der Waals surface area (Å²) in [5.41, 5.74) is -2.14. The molecule has 0 amide bonds. The molecule has 0 saturated carbocycles. The van der Waals surface area contributed by atoms with E-state index in [4.69, 9.17) is 4.74 Å². The maximum Gasteiger partial charge on any atom is 0.416 e. The quantitative estimate of drug-likeness (QED) is 0.591. The van der Waals surface area contributed by atoms with E-state index < -0.39 is 60.2 Å². The van der Waals surface area contributed by atoms with Gasteiger partial charge in [-0.3, -0.25) is 0 Å². The molecule has 1 aromatic carbocycles. The van der Waals surface area contributed by atoms with Crippen molar-refractivity contribution >= 4 is 5.69 Å². The largest absolute Gasteiger partial charge is 0.491 e. The van der Waals surface area contributed by atoms with Gasteiger partial charge in [0.1, 0.15) is 24.1 Å². The van der Waals surface area contributed by atoms with Crippen LogP contribution in [0, 0.1) is 23.5 Å². The molecule has 1 atom stereocenters. The summed E-state index contributed by atoms with van der Waals surface area (Å²) in [5.74, 6) is -7.51. The number of nitrogens with one attached hydrogen (secondary N) is 1. The number of pyridine rings is 1. The van der Waals surface area contributed by atoms with Crippen molar-refractivity contribution in [2.45, 2.75) is 12.3 Å². The molecule has 0 aliphatic heterocycles. The summed E-state index contributed by atoms with van der Waals surface area (Å²) < 4.78 is 95.3. The molecule has 4 nitrogen and oxygen atoms in total. The van der Waals surface area contributed by atoms with Gasteiger partial charge in [-0.25, -0.2) is 0 Å². The molecule has 0 aliphatic rings. The van der Waals surface area contributed by atoms with Gasteiger partial charge in [0.15, 0.2) is 0 Å². The Morgan fingerprint density at radius 3 is 2.27 bits per heavy atom. The summed E-state index contributed by atoms with van der Waals surface area (Å²) >= 11 is 0. The van der Waals surface area contributed by atoms with Crippen LogP contribution in [0.4, 0.5) is 36.4 Å². The van der Waals surface area contributed by atoms with E-state index >= 15 is 0 Å². The molecule has 0 radical (unpaired) electrons.